The topological polar surface area (TPSA) is 77.8 Å². The summed E-state index contributed by atoms with van der Waals surface area (Å²) in [7, 11) is 3.92. The number of allylic oxidation sites excluding steroid dienone is 2. The number of hydrogen-bond acceptors (Lipinski definition) is 5. The summed E-state index contributed by atoms with van der Waals surface area (Å²) in [5, 5.41) is 29.0. The third-order valence-corrected chi connectivity index (χ3v) is 8.10. The Labute approximate surface area is 198 Å². The summed E-state index contributed by atoms with van der Waals surface area (Å²) >= 11 is 0. The molecule has 4 nitrogen and oxygen atoms in total. The largest absolute Gasteiger partial charge is 0.508 e. The summed E-state index contributed by atoms with van der Waals surface area (Å²) in [5.74, 6) is 1.08. The summed E-state index contributed by atoms with van der Waals surface area (Å²) < 4.78 is 0. The van der Waals surface area contributed by atoms with Crippen LogP contribution in [0.1, 0.15) is 43.2 Å². The van der Waals surface area contributed by atoms with E-state index in [4.69, 9.17) is 5.11 Å². The van der Waals surface area contributed by atoms with E-state index in [1.807, 2.05) is 45.9 Å². The standard InChI is InChI=1S/C18H18O2.C8H14O2S2/c1-3-5-13-7-9-18(20)16(11-13)14-8-10-17(19)15(12-14)6-4-2;9-8(10)4-2-1-3-7-5-6-11-12-7/h3-4,7-12,19-20H,1-2,5-6H2;7H,1-6H2,(H,9,10). The lowest BCUT2D eigenvalue weighted by molar-refractivity contribution is -0.137. The molecule has 0 bridgehead atoms. The molecule has 32 heavy (non-hydrogen) atoms. The second-order valence-electron chi connectivity index (χ2n) is 7.65. The average Bonchev–Trinajstić information content (AvgIpc) is 3.29. The maximum atomic E-state index is 10.2. The molecule has 1 unspecified atom stereocenters. The first-order valence-electron chi connectivity index (χ1n) is 10.8. The molecule has 2 aromatic rings. The Morgan fingerprint density at radius 2 is 1.78 bits per heavy atom. The Bertz CT molecular complexity index is 905. The van der Waals surface area contributed by atoms with Crippen LogP contribution in [0.3, 0.4) is 0 Å². The fourth-order valence-corrected chi connectivity index (χ4v) is 6.42. The first-order valence-corrected chi connectivity index (χ1v) is 13.2. The quantitative estimate of drug-likeness (QED) is 0.196. The fourth-order valence-electron chi connectivity index (χ4n) is 3.39. The lowest BCUT2D eigenvalue weighted by atomic mass is 9.97. The Morgan fingerprint density at radius 1 is 1.03 bits per heavy atom. The van der Waals surface area contributed by atoms with E-state index in [1.54, 1.807) is 24.3 Å². The van der Waals surface area contributed by atoms with Gasteiger partial charge in [0, 0.05) is 23.0 Å². The number of aliphatic carboxylic acids is 1. The summed E-state index contributed by atoms with van der Waals surface area (Å²) in [6.45, 7) is 7.41. The summed E-state index contributed by atoms with van der Waals surface area (Å²) in [6, 6.07) is 10.8. The highest BCUT2D eigenvalue weighted by molar-refractivity contribution is 8.77. The van der Waals surface area contributed by atoms with Crippen molar-refractivity contribution in [3.8, 4) is 22.6 Å². The molecule has 3 rings (SSSR count). The van der Waals surface area contributed by atoms with Crippen LogP contribution in [-0.4, -0.2) is 32.3 Å². The molecule has 1 heterocycles. The molecule has 172 valence electrons. The number of benzene rings is 2. The van der Waals surface area contributed by atoms with Crippen LogP contribution in [0.4, 0.5) is 0 Å². The van der Waals surface area contributed by atoms with Crippen LogP contribution in [0.15, 0.2) is 61.7 Å². The normalized spacial score (nSPS) is 14.9. The van der Waals surface area contributed by atoms with E-state index in [1.165, 1.54) is 18.6 Å². The van der Waals surface area contributed by atoms with Crippen molar-refractivity contribution in [2.24, 2.45) is 0 Å². The minimum absolute atomic E-state index is 0.230. The van der Waals surface area contributed by atoms with Gasteiger partial charge in [-0.05, 0) is 73.1 Å². The van der Waals surface area contributed by atoms with Gasteiger partial charge in [-0.2, -0.15) is 0 Å². The second kappa shape index (κ2) is 14.0. The van der Waals surface area contributed by atoms with Gasteiger partial charge < -0.3 is 15.3 Å². The van der Waals surface area contributed by atoms with Gasteiger partial charge in [0.2, 0.25) is 0 Å². The van der Waals surface area contributed by atoms with Gasteiger partial charge in [-0.1, -0.05) is 52.3 Å². The van der Waals surface area contributed by atoms with Crippen molar-refractivity contribution >= 4 is 27.6 Å². The van der Waals surface area contributed by atoms with Gasteiger partial charge in [0.25, 0.3) is 0 Å². The second-order valence-corrected chi connectivity index (χ2v) is 10.4. The van der Waals surface area contributed by atoms with Crippen molar-refractivity contribution in [3.63, 3.8) is 0 Å². The smallest absolute Gasteiger partial charge is 0.303 e. The van der Waals surface area contributed by atoms with E-state index in [2.05, 4.69) is 13.2 Å². The summed E-state index contributed by atoms with van der Waals surface area (Å²) in [4.78, 5) is 10.2. The molecule has 1 saturated heterocycles. The SMILES string of the molecule is C=CCc1ccc(O)c(-c2ccc(O)c(CC=C)c2)c1.O=C(O)CCCCC1CCSS1. The van der Waals surface area contributed by atoms with E-state index >= 15 is 0 Å². The number of carboxylic acids is 1. The number of unbranched alkanes of at least 4 members (excludes halogenated alkanes) is 1. The predicted molar refractivity (Wildman–Crippen MR) is 138 cm³/mol. The molecule has 0 saturated carbocycles. The Morgan fingerprint density at radius 3 is 2.44 bits per heavy atom. The third kappa shape index (κ3) is 8.67. The van der Waals surface area contributed by atoms with Crippen molar-refractivity contribution < 1.29 is 20.1 Å². The molecule has 0 aliphatic carbocycles. The lowest BCUT2D eigenvalue weighted by Gasteiger charge is -2.10. The molecule has 1 fully saturated rings. The van der Waals surface area contributed by atoms with Crippen LogP contribution in [-0.2, 0) is 17.6 Å². The van der Waals surface area contributed by atoms with Crippen molar-refractivity contribution in [2.45, 2.75) is 50.2 Å². The first-order chi connectivity index (χ1) is 15.4. The van der Waals surface area contributed by atoms with E-state index in [0.29, 0.717) is 12.8 Å². The van der Waals surface area contributed by atoms with Crippen molar-refractivity contribution in [3.05, 3.63) is 72.8 Å². The molecular weight excluding hydrogens is 440 g/mol. The van der Waals surface area contributed by atoms with Crippen molar-refractivity contribution in [1.29, 1.82) is 0 Å². The molecule has 0 spiro atoms. The highest BCUT2D eigenvalue weighted by atomic mass is 33.1. The van der Waals surface area contributed by atoms with Crippen LogP contribution >= 0.6 is 21.6 Å². The van der Waals surface area contributed by atoms with Crippen LogP contribution in [0.2, 0.25) is 0 Å². The molecule has 1 aliphatic rings. The predicted octanol–water partition coefficient (Wildman–Crippen LogP) is 7.01. The van der Waals surface area contributed by atoms with E-state index in [9.17, 15) is 15.0 Å². The van der Waals surface area contributed by atoms with Crippen LogP contribution in [0.5, 0.6) is 11.5 Å². The average molecular weight is 473 g/mol. The molecule has 6 heteroatoms. The summed E-state index contributed by atoms with van der Waals surface area (Å²) in [5.41, 5.74) is 3.52. The third-order valence-electron chi connectivity index (χ3n) is 5.09. The fraction of sp³-hybridized carbons (Fsp3) is 0.346. The molecular formula is C26H32O4S2. The zero-order valence-corrected chi connectivity index (χ0v) is 20.0. The van der Waals surface area contributed by atoms with Gasteiger partial charge in [-0.3, -0.25) is 4.79 Å². The maximum absolute atomic E-state index is 10.2. The number of phenols is 2. The Balaban J connectivity index is 0.000000258. The number of phenolic OH excluding ortho intramolecular Hbond substituents is 2. The van der Waals surface area contributed by atoms with Crippen molar-refractivity contribution in [1.82, 2.24) is 0 Å². The van der Waals surface area contributed by atoms with Gasteiger partial charge in [0.1, 0.15) is 11.5 Å². The highest BCUT2D eigenvalue weighted by Gasteiger charge is 2.15. The van der Waals surface area contributed by atoms with E-state index < -0.39 is 5.97 Å². The number of aromatic hydroxyl groups is 2. The van der Waals surface area contributed by atoms with Crippen molar-refractivity contribution in [2.75, 3.05) is 5.75 Å². The minimum Gasteiger partial charge on any atom is -0.508 e. The van der Waals surface area contributed by atoms with E-state index in [-0.39, 0.29) is 11.5 Å². The molecule has 0 radical (unpaired) electrons. The molecule has 1 aliphatic heterocycles. The van der Waals surface area contributed by atoms with Gasteiger partial charge in [0.15, 0.2) is 0 Å². The van der Waals surface area contributed by atoms with Crippen LogP contribution in [0, 0.1) is 0 Å². The molecule has 1 atom stereocenters. The Kier molecular flexibility index (Phi) is 11.3. The zero-order chi connectivity index (χ0) is 23.3. The van der Waals surface area contributed by atoms with Gasteiger partial charge in [0.05, 0.1) is 0 Å². The minimum atomic E-state index is -0.663. The molecule has 3 N–H and O–H groups in total. The van der Waals surface area contributed by atoms with Gasteiger partial charge >= 0.3 is 5.97 Å². The van der Waals surface area contributed by atoms with Crippen LogP contribution < -0.4 is 0 Å². The molecule has 0 amide bonds. The number of carboxylic acid groups (broad SMARTS) is 1. The van der Waals surface area contributed by atoms with Gasteiger partial charge in [-0.15, -0.1) is 13.2 Å². The first kappa shape index (κ1) is 25.9. The molecule has 2 aromatic carbocycles. The highest BCUT2D eigenvalue weighted by Crippen LogP contribution is 2.40. The molecule has 0 aromatic heterocycles. The Hall–Kier alpha value is -2.31. The zero-order valence-electron chi connectivity index (χ0n) is 18.3. The van der Waals surface area contributed by atoms with Gasteiger partial charge in [-0.25, -0.2) is 0 Å². The van der Waals surface area contributed by atoms with E-state index in [0.717, 1.165) is 46.8 Å². The van der Waals surface area contributed by atoms with Crippen LogP contribution in [0.25, 0.3) is 11.1 Å². The number of rotatable bonds is 10. The maximum Gasteiger partial charge on any atom is 0.303 e. The number of carbonyl (C=O) groups is 1. The number of hydrogen-bond donors (Lipinski definition) is 3. The monoisotopic (exact) mass is 472 g/mol. The lowest BCUT2D eigenvalue weighted by Crippen LogP contribution is -1.99. The summed E-state index contributed by atoms with van der Waals surface area (Å²) in [6.07, 6.45) is 9.68.